The molecule has 1 amide bonds. The van der Waals surface area contributed by atoms with E-state index in [9.17, 15) is 4.79 Å². The number of carbonyl (C=O) groups is 1. The zero-order valence-electron chi connectivity index (χ0n) is 13.3. The summed E-state index contributed by atoms with van der Waals surface area (Å²) in [6.07, 6.45) is 3.22. The number of carbonyl (C=O) groups excluding carboxylic acids is 1. The van der Waals surface area contributed by atoms with Crippen molar-refractivity contribution in [1.82, 2.24) is 4.98 Å². The number of anilines is 1. The van der Waals surface area contributed by atoms with E-state index in [0.717, 1.165) is 18.5 Å². The van der Waals surface area contributed by atoms with Crippen molar-refractivity contribution < 1.29 is 14.3 Å². The van der Waals surface area contributed by atoms with Crippen molar-refractivity contribution in [2.24, 2.45) is 5.92 Å². The maximum Gasteiger partial charge on any atom is 0.264 e. The molecule has 1 N–H and O–H groups in total. The van der Waals surface area contributed by atoms with E-state index in [1.807, 2.05) is 12.1 Å². The molecule has 0 saturated heterocycles. The van der Waals surface area contributed by atoms with Crippen molar-refractivity contribution in [3.05, 3.63) is 34.8 Å². The number of fused-ring (bicyclic) bond motifs is 1. The second-order valence-corrected chi connectivity index (χ2v) is 6.81. The highest BCUT2D eigenvalue weighted by atomic mass is 32.1. The Morgan fingerprint density at radius 3 is 2.96 bits per heavy atom. The molecule has 0 fully saturated rings. The molecule has 1 atom stereocenters. The number of thiazole rings is 1. The molecule has 0 aliphatic heterocycles. The van der Waals surface area contributed by atoms with Gasteiger partial charge in [0.15, 0.2) is 23.2 Å². The molecule has 122 valence electrons. The van der Waals surface area contributed by atoms with Crippen LogP contribution in [0.15, 0.2) is 24.3 Å². The standard InChI is InChI=1S/C17H20N2O3S/c1-11-7-8-12-15(9-11)23-17(18-12)19-16(20)10-22-14-6-4-3-5-13(14)21-2/h3-6,11H,7-10H2,1-2H3,(H,18,19,20)/t11-/m1/s1. The van der Waals surface area contributed by atoms with Crippen molar-refractivity contribution in [2.75, 3.05) is 19.0 Å². The largest absolute Gasteiger partial charge is 0.493 e. The molecule has 1 aliphatic carbocycles. The van der Waals surface area contributed by atoms with Gasteiger partial charge in [0.2, 0.25) is 0 Å². The van der Waals surface area contributed by atoms with Crippen LogP contribution in [0.3, 0.4) is 0 Å². The third-order valence-electron chi connectivity index (χ3n) is 3.86. The molecule has 2 aromatic rings. The summed E-state index contributed by atoms with van der Waals surface area (Å²) in [6.45, 7) is 2.18. The van der Waals surface area contributed by atoms with Crippen LogP contribution in [-0.4, -0.2) is 24.6 Å². The van der Waals surface area contributed by atoms with Crippen molar-refractivity contribution >= 4 is 22.4 Å². The number of methoxy groups -OCH3 is 1. The Hall–Kier alpha value is -2.08. The first kappa shape index (κ1) is 15.8. The highest BCUT2D eigenvalue weighted by Gasteiger charge is 2.20. The van der Waals surface area contributed by atoms with Crippen LogP contribution in [-0.2, 0) is 17.6 Å². The number of aryl methyl sites for hydroxylation is 1. The molecule has 0 radical (unpaired) electrons. The third kappa shape index (κ3) is 3.82. The number of nitrogens with zero attached hydrogens (tertiary/aromatic N) is 1. The average molecular weight is 332 g/mol. The molecule has 0 unspecified atom stereocenters. The topological polar surface area (TPSA) is 60.5 Å². The van der Waals surface area contributed by atoms with Gasteiger partial charge in [0, 0.05) is 4.88 Å². The Bertz CT molecular complexity index is 699. The summed E-state index contributed by atoms with van der Waals surface area (Å²) in [7, 11) is 1.57. The Balaban J connectivity index is 1.57. The molecule has 1 aromatic heterocycles. The molecule has 0 saturated carbocycles. The lowest BCUT2D eigenvalue weighted by Gasteiger charge is -2.15. The van der Waals surface area contributed by atoms with E-state index in [2.05, 4.69) is 17.2 Å². The molecular formula is C17H20N2O3S. The van der Waals surface area contributed by atoms with Gasteiger partial charge < -0.3 is 9.47 Å². The minimum atomic E-state index is -0.213. The summed E-state index contributed by atoms with van der Waals surface area (Å²) in [5.74, 6) is 1.65. The zero-order chi connectivity index (χ0) is 16.2. The lowest BCUT2D eigenvalue weighted by atomic mass is 9.93. The minimum Gasteiger partial charge on any atom is -0.493 e. The number of ether oxygens (including phenoxy) is 2. The number of aromatic nitrogens is 1. The van der Waals surface area contributed by atoms with E-state index < -0.39 is 0 Å². The van der Waals surface area contributed by atoms with Crippen LogP contribution < -0.4 is 14.8 Å². The zero-order valence-corrected chi connectivity index (χ0v) is 14.1. The fourth-order valence-electron chi connectivity index (χ4n) is 2.63. The van der Waals surface area contributed by atoms with Gasteiger partial charge in [-0.1, -0.05) is 19.1 Å². The van der Waals surface area contributed by atoms with Gasteiger partial charge in [-0.15, -0.1) is 11.3 Å². The smallest absolute Gasteiger partial charge is 0.264 e. The van der Waals surface area contributed by atoms with Crippen molar-refractivity contribution in [3.63, 3.8) is 0 Å². The lowest BCUT2D eigenvalue weighted by molar-refractivity contribution is -0.118. The van der Waals surface area contributed by atoms with Gasteiger partial charge in [0.25, 0.3) is 5.91 Å². The van der Waals surface area contributed by atoms with E-state index in [4.69, 9.17) is 9.47 Å². The summed E-state index contributed by atoms with van der Waals surface area (Å²) in [5.41, 5.74) is 1.13. The molecule has 1 aromatic carbocycles. The van der Waals surface area contributed by atoms with Gasteiger partial charge >= 0.3 is 0 Å². The molecule has 1 aliphatic rings. The summed E-state index contributed by atoms with van der Waals surface area (Å²) < 4.78 is 10.7. The molecule has 6 heteroatoms. The van der Waals surface area contributed by atoms with Gasteiger partial charge in [-0.3, -0.25) is 10.1 Å². The fraction of sp³-hybridized carbons (Fsp3) is 0.412. The molecule has 3 rings (SSSR count). The molecule has 0 bridgehead atoms. The normalized spacial score (nSPS) is 16.5. The summed E-state index contributed by atoms with van der Waals surface area (Å²) >= 11 is 1.57. The first-order chi connectivity index (χ1) is 11.2. The number of benzene rings is 1. The molecule has 5 nitrogen and oxygen atoms in total. The second-order valence-electron chi connectivity index (χ2n) is 5.72. The van der Waals surface area contributed by atoms with Gasteiger partial charge in [-0.2, -0.15) is 0 Å². The number of hydrogen-bond acceptors (Lipinski definition) is 5. The first-order valence-electron chi connectivity index (χ1n) is 7.70. The van der Waals surface area contributed by atoms with Gasteiger partial charge in [0.05, 0.1) is 12.8 Å². The molecule has 23 heavy (non-hydrogen) atoms. The average Bonchev–Trinajstić information content (AvgIpc) is 2.94. The number of amides is 1. The van der Waals surface area contributed by atoms with E-state index in [-0.39, 0.29) is 12.5 Å². The Morgan fingerprint density at radius 2 is 2.17 bits per heavy atom. The van der Waals surface area contributed by atoms with Crippen LogP contribution >= 0.6 is 11.3 Å². The lowest BCUT2D eigenvalue weighted by Crippen LogP contribution is -2.20. The molecular weight excluding hydrogens is 312 g/mol. The summed E-state index contributed by atoms with van der Waals surface area (Å²) in [5, 5.41) is 3.49. The van der Waals surface area contributed by atoms with E-state index in [1.54, 1.807) is 30.6 Å². The fourth-order valence-corrected chi connectivity index (χ4v) is 3.82. The highest BCUT2D eigenvalue weighted by Crippen LogP contribution is 2.32. The van der Waals surface area contributed by atoms with Crippen LogP contribution in [0.25, 0.3) is 0 Å². The quantitative estimate of drug-likeness (QED) is 0.913. The van der Waals surface area contributed by atoms with Crippen LogP contribution in [0.5, 0.6) is 11.5 Å². The third-order valence-corrected chi connectivity index (χ3v) is 4.90. The second kappa shape index (κ2) is 7.00. The summed E-state index contributed by atoms with van der Waals surface area (Å²) in [4.78, 5) is 17.9. The molecule has 1 heterocycles. The van der Waals surface area contributed by atoms with Crippen LogP contribution in [0.2, 0.25) is 0 Å². The highest BCUT2D eigenvalue weighted by molar-refractivity contribution is 7.15. The molecule has 0 spiro atoms. The van der Waals surface area contributed by atoms with Crippen molar-refractivity contribution in [2.45, 2.75) is 26.2 Å². The SMILES string of the molecule is COc1ccccc1OCC(=O)Nc1nc2c(s1)C[C@H](C)CC2. The Kier molecular flexibility index (Phi) is 4.81. The van der Waals surface area contributed by atoms with Crippen LogP contribution in [0.4, 0.5) is 5.13 Å². The van der Waals surface area contributed by atoms with Gasteiger partial charge in [0.1, 0.15) is 0 Å². The van der Waals surface area contributed by atoms with Crippen LogP contribution in [0.1, 0.15) is 23.9 Å². The predicted molar refractivity (Wildman–Crippen MR) is 90.4 cm³/mol. The van der Waals surface area contributed by atoms with E-state index >= 15 is 0 Å². The first-order valence-corrected chi connectivity index (χ1v) is 8.51. The number of rotatable bonds is 5. The minimum absolute atomic E-state index is 0.0684. The van der Waals surface area contributed by atoms with Gasteiger partial charge in [-0.05, 0) is 37.3 Å². The Labute approximate surface area is 139 Å². The van der Waals surface area contributed by atoms with Crippen molar-refractivity contribution in [1.29, 1.82) is 0 Å². The predicted octanol–water partition coefficient (Wildman–Crippen LogP) is 3.29. The monoisotopic (exact) mass is 332 g/mol. The van der Waals surface area contributed by atoms with E-state index in [1.165, 1.54) is 11.3 Å². The van der Waals surface area contributed by atoms with Gasteiger partial charge in [-0.25, -0.2) is 4.98 Å². The maximum absolute atomic E-state index is 12.1. The van der Waals surface area contributed by atoms with Crippen molar-refractivity contribution in [3.8, 4) is 11.5 Å². The summed E-state index contributed by atoms with van der Waals surface area (Å²) in [6, 6.07) is 7.26. The number of hydrogen-bond donors (Lipinski definition) is 1. The Morgan fingerprint density at radius 1 is 1.39 bits per heavy atom. The number of nitrogens with one attached hydrogen (secondary N) is 1. The number of para-hydroxylation sites is 2. The van der Waals surface area contributed by atoms with Crippen LogP contribution in [0, 0.1) is 5.92 Å². The maximum atomic E-state index is 12.1. The van der Waals surface area contributed by atoms with E-state index in [0.29, 0.717) is 22.5 Å².